The highest BCUT2D eigenvalue weighted by molar-refractivity contribution is 5.86. The van der Waals surface area contributed by atoms with E-state index in [-0.39, 0.29) is 42.9 Å². The van der Waals surface area contributed by atoms with Crippen LogP contribution in [0.5, 0.6) is 17.2 Å². The molecule has 0 bridgehead atoms. The van der Waals surface area contributed by atoms with Crippen LogP contribution in [0.25, 0.3) is 10.9 Å². The van der Waals surface area contributed by atoms with Crippen LogP contribution in [0.3, 0.4) is 0 Å². The van der Waals surface area contributed by atoms with Crippen molar-refractivity contribution in [2.24, 2.45) is 0 Å². The van der Waals surface area contributed by atoms with Crippen LogP contribution in [0.2, 0.25) is 0 Å². The Morgan fingerprint density at radius 3 is 2.62 bits per heavy atom. The first-order valence-electron chi connectivity index (χ1n) is 11.8. The number of nitrogens with one attached hydrogen (secondary N) is 1. The predicted octanol–water partition coefficient (Wildman–Crippen LogP) is 4.88. The van der Waals surface area contributed by atoms with Crippen molar-refractivity contribution in [1.29, 1.82) is 0 Å². The lowest BCUT2D eigenvalue weighted by molar-refractivity contribution is 0.104. The van der Waals surface area contributed by atoms with Gasteiger partial charge in [-0.15, -0.1) is 24.8 Å². The maximum Gasteiger partial charge on any atom is 0.161 e. The molecular formula is C26H30Cl2F3N3O3. The fraction of sp³-hybridized carbons (Fsp3) is 0.423. The molecule has 2 aliphatic heterocycles. The topological polar surface area (TPSA) is 55.9 Å². The number of methoxy groups -OCH3 is 1. The molecule has 0 radical (unpaired) electrons. The molecule has 2 unspecified atom stereocenters. The number of pyridine rings is 1. The van der Waals surface area contributed by atoms with Crippen molar-refractivity contribution in [1.82, 2.24) is 15.2 Å². The molecule has 202 valence electrons. The van der Waals surface area contributed by atoms with Gasteiger partial charge >= 0.3 is 0 Å². The maximum atomic E-state index is 15.0. The normalized spacial score (nSPS) is 19.1. The quantitative estimate of drug-likeness (QED) is 0.445. The largest absolute Gasteiger partial charge is 0.497 e. The minimum atomic E-state index is -1.06. The van der Waals surface area contributed by atoms with Crippen LogP contribution in [0.4, 0.5) is 13.2 Å². The molecule has 6 nitrogen and oxygen atoms in total. The van der Waals surface area contributed by atoms with Crippen LogP contribution in [-0.4, -0.2) is 62.1 Å². The van der Waals surface area contributed by atoms with Crippen LogP contribution in [0.15, 0.2) is 36.5 Å². The molecule has 3 aromatic rings. The van der Waals surface area contributed by atoms with Gasteiger partial charge in [-0.25, -0.2) is 13.2 Å². The smallest absolute Gasteiger partial charge is 0.161 e. The lowest BCUT2D eigenvalue weighted by Crippen LogP contribution is -2.51. The van der Waals surface area contributed by atoms with E-state index in [1.807, 2.05) is 23.1 Å². The van der Waals surface area contributed by atoms with E-state index in [0.717, 1.165) is 23.3 Å². The van der Waals surface area contributed by atoms with E-state index in [2.05, 4.69) is 10.3 Å². The summed E-state index contributed by atoms with van der Waals surface area (Å²) in [5, 5.41) is 3.70. The summed E-state index contributed by atoms with van der Waals surface area (Å²) >= 11 is 0. The molecule has 0 aliphatic carbocycles. The third kappa shape index (κ3) is 6.52. The number of alkyl halides is 1. The summed E-state index contributed by atoms with van der Waals surface area (Å²) in [5.41, 5.74) is 1.47. The number of fused-ring (bicyclic) bond motifs is 2. The average Bonchev–Trinajstić information content (AvgIpc) is 2.87. The molecule has 2 atom stereocenters. The second-order valence-electron chi connectivity index (χ2n) is 8.91. The van der Waals surface area contributed by atoms with E-state index in [4.69, 9.17) is 14.2 Å². The lowest BCUT2D eigenvalue weighted by atomic mass is 10.0. The van der Waals surface area contributed by atoms with E-state index in [9.17, 15) is 13.2 Å². The van der Waals surface area contributed by atoms with Crippen LogP contribution in [0.1, 0.15) is 17.5 Å². The van der Waals surface area contributed by atoms with E-state index < -0.39 is 17.8 Å². The number of halogens is 5. The summed E-state index contributed by atoms with van der Waals surface area (Å²) in [6, 6.07) is 8.31. The van der Waals surface area contributed by atoms with Gasteiger partial charge in [-0.2, -0.15) is 0 Å². The third-order valence-electron chi connectivity index (χ3n) is 6.67. The Hall–Kier alpha value is -2.46. The van der Waals surface area contributed by atoms with Gasteiger partial charge in [-0.3, -0.25) is 9.88 Å². The molecule has 1 aromatic heterocycles. The number of piperidine rings is 1. The zero-order chi connectivity index (χ0) is 24.4. The Morgan fingerprint density at radius 1 is 1.08 bits per heavy atom. The Balaban J connectivity index is 0.00000190. The van der Waals surface area contributed by atoms with Gasteiger partial charge in [0.2, 0.25) is 0 Å². The SMILES string of the molecule is COc1cc(F)c2ncc(F)c(CCN3CCC(NCc4ccc5c(c4)OCCO5)C(F)C3)c2c1.Cl.Cl. The molecule has 0 spiro atoms. The van der Waals surface area contributed by atoms with Gasteiger partial charge in [0.1, 0.15) is 36.5 Å². The number of hydrogen-bond acceptors (Lipinski definition) is 6. The first-order chi connectivity index (χ1) is 17.0. The molecule has 0 saturated carbocycles. The molecule has 2 aliphatic rings. The van der Waals surface area contributed by atoms with Crippen molar-refractivity contribution < 1.29 is 27.4 Å². The minimum absolute atomic E-state index is 0. The standard InChI is InChI=1S/C26H28F3N3O3.2ClH/c1-33-17-11-19-18(21(28)14-31-26(19)20(27)12-17)4-6-32-7-5-23(22(29)15-32)30-13-16-2-3-24-25(10-16)35-9-8-34-24;;/h2-3,10-12,14,22-23,30H,4-9,13,15H2,1H3;2*1H. The van der Waals surface area contributed by atoms with Crippen LogP contribution >= 0.6 is 24.8 Å². The monoisotopic (exact) mass is 559 g/mol. The third-order valence-corrected chi connectivity index (χ3v) is 6.67. The van der Waals surface area contributed by atoms with Crippen molar-refractivity contribution in [3.05, 3.63) is 59.3 Å². The Kier molecular flexibility index (Phi) is 10.1. The van der Waals surface area contributed by atoms with Gasteiger partial charge in [-0.1, -0.05) is 6.07 Å². The molecule has 37 heavy (non-hydrogen) atoms. The predicted molar refractivity (Wildman–Crippen MR) is 140 cm³/mol. The molecule has 0 amide bonds. The molecule has 5 rings (SSSR count). The van der Waals surface area contributed by atoms with Crippen molar-refractivity contribution in [3.8, 4) is 17.2 Å². The fourth-order valence-corrected chi connectivity index (χ4v) is 4.75. The van der Waals surface area contributed by atoms with Crippen molar-refractivity contribution in [2.75, 3.05) is 40.0 Å². The molecule has 1 saturated heterocycles. The number of benzene rings is 2. The molecule has 1 fully saturated rings. The van der Waals surface area contributed by atoms with Gasteiger partial charge in [0.05, 0.1) is 13.3 Å². The van der Waals surface area contributed by atoms with Gasteiger partial charge in [0, 0.05) is 42.7 Å². The van der Waals surface area contributed by atoms with Gasteiger partial charge in [0.15, 0.2) is 17.3 Å². The van der Waals surface area contributed by atoms with E-state index in [1.54, 1.807) is 6.07 Å². The minimum Gasteiger partial charge on any atom is -0.497 e. The number of hydrogen-bond donors (Lipinski definition) is 1. The second-order valence-corrected chi connectivity index (χ2v) is 8.91. The zero-order valence-corrected chi connectivity index (χ0v) is 22.0. The van der Waals surface area contributed by atoms with Gasteiger partial charge in [0.25, 0.3) is 0 Å². The van der Waals surface area contributed by atoms with Crippen LogP contribution in [0, 0.1) is 11.6 Å². The van der Waals surface area contributed by atoms with Crippen LogP contribution in [-0.2, 0) is 13.0 Å². The number of nitrogens with zero attached hydrogens (tertiary/aromatic N) is 2. The number of rotatable bonds is 7. The van der Waals surface area contributed by atoms with E-state index in [1.165, 1.54) is 13.2 Å². The average molecular weight is 560 g/mol. The number of aromatic nitrogens is 1. The highest BCUT2D eigenvalue weighted by atomic mass is 35.5. The van der Waals surface area contributed by atoms with E-state index in [0.29, 0.717) is 62.4 Å². The highest BCUT2D eigenvalue weighted by Crippen LogP contribution is 2.31. The highest BCUT2D eigenvalue weighted by Gasteiger charge is 2.29. The zero-order valence-electron chi connectivity index (χ0n) is 20.3. The summed E-state index contributed by atoms with van der Waals surface area (Å²) in [6.45, 7) is 2.99. The first kappa shape index (κ1) is 29.1. The summed E-state index contributed by atoms with van der Waals surface area (Å²) in [5.74, 6) is 0.691. The second kappa shape index (κ2) is 12.9. The summed E-state index contributed by atoms with van der Waals surface area (Å²) in [7, 11) is 1.43. The molecule has 1 N–H and O–H groups in total. The van der Waals surface area contributed by atoms with Crippen molar-refractivity contribution >= 4 is 35.7 Å². The molecule has 11 heteroatoms. The van der Waals surface area contributed by atoms with Crippen molar-refractivity contribution in [2.45, 2.75) is 31.6 Å². The summed E-state index contributed by atoms with van der Waals surface area (Å²) in [6.07, 6.45) is 0.935. The first-order valence-corrected chi connectivity index (χ1v) is 11.8. The Morgan fingerprint density at radius 2 is 1.86 bits per heavy atom. The Labute approximate surface area is 226 Å². The van der Waals surface area contributed by atoms with Gasteiger partial charge < -0.3 is 19.5 Å². The fourth-order valence-electron chi connectivity index (χ4n) is 4.75. The van der Waals surface area contributed by atoms with Crippen LogP contribution < -0.4 is 19.5 Å². The molecule has 3 heterocycles. The molecule has 2 aromatic carbocycles. The molecular weight excluding hydrogens is 530 g/mol. The Bertz CT molecular complexity index is 1220. The number of likely N-dealkylation sites (tertiary alicyclic amines) is 1. The van der Waals surface area contributed by atoms with Gasteiger partial charge in [-0.05, 0) is 43.1 Å². The lowest BCUT2D eigenvalue weighted by Gasteiger charge is -2.35. The van der Waals surface area contributed by atoms with E-state index >= 15 is 0 Å². The summed E-state index contributed by atoms with van der Waals surface area (Å²) in [4.78, 5) is 5.88. The summed E-state index contributed by atoms with van der Waals surface area (Å²) < 4.78 is 60.2. The number of ether oxygens (including phenoxy) is 3. The maximum absolute atomic E-state index is 15.0. The van der Waals surface area contributed by atoms with Crippen molar-refractivity contribution in [3.63, 3.8) is 0 Å².